The molecule has 0 radical (unpaired) electrons. The minimum Gasteiger partial charge on any atom is -0.497 e. The lowest BCUT2D eigenvalue weighted by Crippen LogP contribution is -2.52. The standard InChI is InChI=1S/C32H35N5O4S/c1-25-11-13-29(14-12-25)42(39,40)37(18-17-26-7-4-3-5-8-26)24-32(38)36-21-19-35(20-22-36)31-16-15-30(33-34-31)27-9-6-10-28(23-27)41-2/h3-16,23H,17-22,24H2,1-2H3. The van der Waals surface area contributed by atoms with E-state index in [-0.39, 0.29) is 23.9 Å². The summed E-state index contributed by atoms with van der Waals surface area (Å²) in [7, 11) is -2.23. The molecule has 2 heterocycles. The molecular weight excluding hydrogens is 550 g/mol. The Morgan fingerprint density at radius 3 is 2.29 bits per heavy atom. The van der Waals surface area contributed by atoms with Gasteiger partial charge in [0.05, 0.1) is 24.2 Å². The molecule has 42 heavy (non-hydrogen) atoms. The molecule has 1 aromatic heterocycles. The first-order chi connectivity index (χ1) is 20.3. The summed E-state index contributed by atoms with van der Waals surface area (Å²) in [5, 5.41) is 8.82. The van der Waals surface area contributed by atoms with E-state index >= 15 is 0 Å². The lowest BCUT2D eigenvalue weighted by atomic mass is 10.1. The Bertz CT molecular complexity index is 1590. The maximum absolute atomic E-state index is 13.6. The fraction of sp³-hybridized carbons (Fsp3) is 0.281. The Hall–Kier alpha value is -4.28. The predicted octanol–water partition coefficient (Wildman–Crippen LogP) is 4.04. The number of amides is 1. The number of aromatic nitrogens is 2. The number of anilines is 1. The Labute approximate surface area is 247 Å². The Balaban J connectivity index is 1.23. The lowest BCUT2D eigenvalue weighted by Gasteiger charge is -2.36. The molecule has 0 spiro atoms. The molecule has 0 bridgehead atoms. The van der Waals surface area contributed by atoms with Crippen LogP contribution in [0.25, 0.3) is 11.3 Å². The maximum Gasteiger partial charge on any atom is 0.243 e. The SMILES string of the molecule is COc1cccc(-c2ccc(N3CCN(C(=O)CN(CCc4ccccc4)S(=O)(=O)c4ccc(C)cc4)CC3)nn2)c1. The molecule has 0 saturated carbocycles. The van der Waals surface area contributed by atoms with Crippen LogP contribution in [0.15, 0.2) is 95.9 Å². The van der Waals surface area contributed by atoms with Crippen LogP contribution in [0, 0.1) is 6.92 Å². The molecule has 1 aliphatic heterocycles. The van der Waals surface area contributed by atoms with E-state index in [2.05, 4.69) is 15.1 Å². The number of hydrogen-bond acceptors (Lipinski definition) is 7. The third-order valence-corrected chi connectivity index (χ3v) is 9.29. The summed E-state index contributed by atoms with van der Waals surface area (Å²) in [6, 6.07) is 28.0. The number of hydrogen-bond donors (Lipinski definition) is 0. The van der Waals surface area contributed by atoms with Gasteiger partial charge in [-0.15, -0.1) is 10.2 Å². The highest BCUT2D eigenvalue weighted by molar-refractivity contribution is 7.89. The van der Waals surface area contributed by atoms with Crippen molar-refractivity contribution in [2.45, 2.75) is 18.2 Å². The summed E-state index contributed by atoms with van der Waals surface area (Å²) in [6.45, 7) is 4.00. The minimum atomic E-state index is -3.86. The number of methoxy groups -OCH3 is 1. The van der Waals surface area contributed by atoms with Crippen LogP contribution in [0.5, 0.6) is 5.75 Å². The van der Waals surface area contributed by atoms with Crippen LogP contribution < -0.4 is 9.64 Å². The first-order valence-corrected chi connectivity index (χ1v) is 15.4. The Morgan fingerprint density at radius 2 is 1.62 bits per heavy atom. The van der Waals surface area contributed by atoms with Gasteiger partial charge in [-0.1, -0.05) is 60.2 Å². The van der Waals surface area contributed by atoms with Crippen LogP contribution in [0.1, 0.15) is 11.1 Å². The molecule has 3 aromatic carbocycles. The number of aryl methyl sites for hydroxylation is 1. The first kappa shape index (κ1) is 29.2. The lowest BCUT2D eigenvalue weighted by molar-refractivity contribution is -0.131. The number of piperazine rings is 1. The summed E-state index contributed by atoms with van der Waals surface area (Å²) >= 11 is 0. The second kappa shape index (κ2) is 13.1. The van der Waals surface area contributed by atoms with Crippen molar-refractivity contribution >= 4 is 21.7 Å². The number of rotatable bonds is 10. The summed E-state index contributed by atoms with van der Waals surface area (Å²) < 4.78 is 33.8. The average molecular weight is 586 g/mol. The van der Waals surface area contributed by atoms with Crippen molar-refractivity contribution < 1.29 is 17.9 Å². The molecule has 1 saturated heterocycles. The van der Waals surface area contributed by atoms with Crippen LogP contribution in [0.3, 0.4) is 0 Å². The first-order valence-electron chi connectivity index (χ1n) is 13.9. The number of carbonyl (C=O) groups excluding carboxylic acids is 1. The fourth-order valence-electron chi connectivity index (χ4n) is 4.91. The molecule has 10 heteroatoms. The van der Waals surface area contributed by atoms with Gasteiger partial charge in [0.2, 0.25) is 15.9 Å². The molecule has 4 aromatic rings. The Morgan fingerprint density at radius 1 is 0.881 bits per heavy atom. The van der Waals surface area contributed by atoms with Crippen molar-refractivity contribution in [1.29, 1.82) is 0 Å². The van der Waals surface area contributed by atoms with E-state index < -0.39 is 10.0 Å². The molecule has 1 aliphatic rings. The molecule has 0 N–H and O–H groups in total. The topological polar surface area (TPSA) is 95.9 Å². The van der Waals surface area contributed by atoms with E-state index in [1.165, 1.54) is 4.31 Å². The van der Waals surface area contributed by atoms with Crippen molar-refractivity contribution in [1.82, 2.24) is 19.4 Å². The summed E-state index contributed by atoms with van der Waals surface area (Å²) in [5.74, 6) is 1.28. The van der Waals surface area contributed by atoms with Gasteiger partial charge in [-0.2, -0.15) is 4.31 Å². The third-order valence-electron chi connectivity index (χ3n) is 7.44. The highest BCUT2D eigenvalue weighted by Crippen LogP contribution is 2.23. The Kier molecular flexibility index (Phi) is 9.14. The van der Waals surface area contributed by atoms with Crippen molar-refractivity contribution in [3.63, 3.8) is 0 Å². The van der Waals surface area contributed by atoms with Gasteiger partial charge in [-0.25, -0.2) is 8.42 Å². The zero-order chi connectivity index (χ0) is 29.5. The molecular formula is C32H35N5O4S. The highest BCUT2D eigenvalue weighted by Gasteiger charge is 2.30. The summed E-state index contributed by atoms with van der Waals surface area (Å²) in [5.41, 5.74) is 3.65. The highest BCUT2D eigenvalue weighted by atomic mass is 32.2. The average Bonchev–Trinajstić information content (AvgIpc) is 3.03. The molecule has 0 atom stereocenters. The van der Waals surface area contributed by atoms with Gasteiger partial charge in [0, 0.05) is 38.3 Å². The van der Waals surface area contributed by atoms with Crippen LogP contribution >= 0.6 is 0 Å². The summed E-state index contributed by atoms with van der Waals surface area (Å²) in [6.07, 6.45) is 0.511. The quantitative estimate of drug-likeness (QED) is 0.277. The van der Waals surface area contributed by atoms with E-state index in [1.54, 1.807) is 36.3 Å². The molecule has 5 rings (SSSR count). The number of ether oxygens (including phenoxy) is 1. The summed E-state index contributed by atoms with van der Waals surface area (Å²) in [4.78, 5) is 17.4. The molecule has 1 amide bonds. The third kappa shape index (κ3) is 6.95. The van der Waals surface area contributed by atoms with E-state index in [4.69, 9.17) is 4.74 Å². The molecule has 0 unspecified atom stereocenters. The van der Waals surface area contributed by atoms with Crippen LogP contribution in [-0.4, -0.2) is 80.1 Å². The van der Waals surface area contributed by atoms with Crippen LogP contribution in [0.2, 0.25) is 0 Å². The second-order valence-electron chi connectivity index (χ2n) is 10.3. The van der Waals surface area contributed by atoms with E-state index in [9.17, 15) is 13.2 Å². The normalized spacial score (nSPS) is 13.8. The van der Waals surface area contributed by atoms with Gasteiger partial charge in [0.25, 0.3) is 0 Å². The fourth-order valence-corrected chi connectivity index (χ4v) is 6.30. The van der Waals surface area contributed by atoms with Gasteiger partial charge in [0.15, 0.2) is 5.82 Å². The van der Waals surface area contributed by atoms with Gasteiger partial charge in [-0.3, -0.25) is 4.79 Å². The van der Waals surface area contributed by atoms with Crippen LogP contribution in [0.4, 0.5) is 5.82 Å². The smallest absolute Gasteiger partial charge is 0.243 e. The van der Waals surface area contributed by atoms with Gasteiger partial charge in [-0.05, 0) is 55.3 Å². The monoisotopic (exact) mass is 585 g/mol. The van der Waals surface area contributed by atoms with Crippen molar-refractivity contribution in [2.75, 3.05) is 51.3 Å². The van der Waals surface area contributed by atoms with Crippen LogP contribution in [-0.2, 0) is 21.2 Å². The largest absolute Gasteiger partial charge is 0.497 e. The molecule has 9 nitrogen and oxygen atoms in total. The molecule has 0 aliphatic carbocycles. The van der Waals surface area contributed by atoms with E-state index in [0.29, 0.717) is 32.6 Å². The number of carbonyl (C=O) groups is 1. The molecule has 1 fully saturated rings. The zero-order valence-corrected chi connectivity index (χ0v) is 24.7. The van der Waals surface area contributed by atoms with Crippen molar-refractivity contribution in [3.05, 3.63) is 102 Å². The second-order valence-corrected chi connectivity index (χ2v) is 12.2. The number of nitrogens with zero attached hydrogens (tertiary/aromatic N) is 5. The van der Waals surface area contributed by atoms with Crippen molar-refractivity contribution in [3.8, 4) is 17.0 Å². The number of sulfonamides is 1. The predicted molar refractivity (Wildman–Crippen MR) is 163 cm³/mol. The van der Waals surface area contributed by atoms with Gasteiger partial charge < -0.3 is 14.5 Å². The zero-order valence-electron chi connectivity index (χ0n) is 23.9. The number of benzene rings is 3. The molecule has 218 valence electrons. The maximum atomic E-state index is 13.6. The van der Waals surface area contributed by atoms with Crippen molar-refractivity contribution in [2.24, 2.45) is 0 Å². The van der Waals surface area contributed by atoms with E-state index in [0.717, 1.165) is 34.0 Å². The van der Waals surface area contributed by atoms with Gasteiger partial charge >= 0.3 is 0 Å². The van der Waals surface area contributed by atoms with Gasteiger partial charge in [0.1, 0.15) is 5.75 Å². The van der Waals surface area contributed by atoms with E-state index in [1.807, 2.05) is 73.7 Å². The minimum absolute atomic E-state index is 0.190.